The number of amides is 1. The molecule has 0 spiro atoms. The lowest BCUT2D eigenvalue weighted by Crippen LogP contribution is -3.08. The first-order chi connectivity index (χ1) is 11.7. The third-order valence-corrected chi connectivity index (χ3v) is 4.43. The monoisotopic (exact) mass is 324 g/mol. The molecule has 3 rings (SSSR count). The first kappa shape index (κ1) is 16.5. The molecule has 1 saturated heterocycles. The maximum absolute atomic E-state index is 12.2. The normalized spacial score (nSPS) is 15.3. The van der Waals surface area contributed by atoms with Crippen LogP contribution in [0.3, 0.4) is 0 Å². The average Bonchev–Trinajstić information content (AvgIpc) is 3.10. The van der Waals surface area contributed by atoms with Crippen LogP contribution in [0.25, 0.3) is 0 Å². The minimum Gasteiger partial charge on any atom is -0.372 e. The lowest BCUT2D eigenvalue weighted by molar-refractivity contribution is -0.885. The lowest BCUT2D eigenvalue weighted by Gasteiger charge is -2.18. The van der Waals surface area contributed by atoms with Gasteiger partial charge in [-0.1, -0.05) is 30.3 Å². The second-order valence-electron chi connectivity index (χ2n) is 6.59. The largest absolute Gasteiger partial charge is 0.372 e. The van der Waals surface area contributed by atoms with Crippen LogP contribution < -0.4 is 15.1 Å². The number of rotatable bonds is 6. The van der Waals surface area contributed by atoms with Crippen molar-refractivity contribution in [3.63, 3.8) is 0 Å². The van der Waals surface area contributed by atoms with Crippen LogP contribution in [0.1, 0.15) is 18.4 Å². The summed E-state index contributed by atoms with van der Waals surface area (Å²) in [7, 11) is 2.04. The zero-order valence-electron chi connectivity index (χ0n) is 14.3. The molecule has 0 saturated carbocycles. The highest BCUT2D eigenvalue weighted by Gasteiger charge is 2.13. The highest BCUT2D eigenvalue weighted by Crippen LogP contribution is 2.21. The van der Waals surface area contributed by atoms with E-state index < -0.39 is 0 Å². The Bertz CT molecular complexity index is 648. The lowest BCUT2D eigenvalue weighted by atomic mass is 10.2. The van der Waals surface area contributed by atoms with E-state index in [2.05, 4.69) is 34.5 Å². The van der Waals surface area contributed by atoms with E-state index in [9.17, 15) is 4.79 Å². The predicted octanol–water partition coefficient (Wildman–Crippen LogP) is 1.94. The molecule has 2 aromatic carbocycles. The van der Waals surface area contributed by atoms with Gasteiger partial charge in [0.1, 0.15) is 6.54 Å². The van der Waals surface area contributed by atoms with Gasteiger partial charge in [0.2, 0.25) is 0 Å². The van der Waals surface area contributed by atoms with Crippen LogP contribution in [0.4, 0.5) is 11.4 Å². The average molecular weight is 324 g/mol. The number of anilines is 2. The summed E-state index contributed by atoms with van der Waals surface area (Å²) in [6.45, 7) is 3.59. The molecule has 1 amide bonds. The van der Waals surface area contributed by atoms with Crippen molar-refractivity contribution in [2.24, 2.45) is 0 Å². The summed E-state index contributed by atoms with van der Waals surface area (Å²) in [6.07, 6.45) is 2.55. The van der Waals surface area contributed by atoms with Crippen molar-refractivity contribution in [3.05, 3.63) is 60.2 Å². The molecular weight excluding hydrogens is 298 g/mol. The molecule has 126 valence electrons. The summed E-state index contributed by atoms with van der Waals surface area (Å²) in [5.74, 6) is 0.0531. The van der Waals surface area contributed by atoms with Crippen LogP contribution >= 0.6 is 0 Å². The number of quaternary nitrogens is 1. The van der Waals surface area contributed by atoms with Gasteiger partial charge >= 0.3 is 0 Å². The SMILES string of the molecule is C[NH+](CC(=O)Nc1ccc(N2CCCC2)cc1)Cc1ccccc1. The number of hydrogen-bond acceptors (Lipinski definition) is 2. The van der Waals surface area contributed by atoms with Gasteiger partial charge in [-0.05, 0) is 37.1 Å². The molecular formula is C20H26N3O+. The molecule has 0 aliphatic carbocycles. The second kappa shape index (κ2) is 7.97. The Labute approximate surface area is 144 Å². The third-order valence-electron chi connectivity index (χ3n) is 4.43. The molecule has 4 heteroatoms. The van der Waals surface area contributed by atoms with Crippen molar-refractivity contribution >= 4 is 17.3 Å². The van der Waals surface area contributed by atoms with Gasteiger partial charge in [0.05, 0.1) is 7.05 Å². The van der Waals surface area contributed by atoms with Crippen molar-refractivity contribution in [3.8, 4) is 0 Å². The molecule has 1 aliphatic heterocycles. The van der Waals surface area contributed by atoms with E-state index in [0.717, 1.165) is 25.3 Å². The van der Waals surface area contributed by atoms with Gasteiger partial charge < -0.3 is 15.1 Å². The van der Waals surface area contributed by atoms with E-state index in [-0.39, 0.29) is 5.91 Å². The third kappa shape index (κ3) is 4.59. The van der Waals surface area contributed by atoms with Crippen LogP contribution in [0, 0.1) is 0 Å². The van der Waals surface area contributed by atoms with Crippen molar-refractivity contribution in [2.75, 3.05) is 36.9 Å². The Balaban J connectivity index is 1.49. The van der Waals surface area contributed by atoms with Crippen molar-refractivity contribution < 1.29 is 9.69 Å². The first-order valence-corrected chi connectivity index (χ1v) is 8.71. The van der Waals surface area contributed by atoms with Crippen LogP contribution in [-0.4, -0.2) is 32.6 Å². The number of nitrogens with one attached hydrogen (secondary N) is 2. The highest BCUT2D eigenvalue weighted by molar-refractivity contribution is 5.91. The zero-order valence-corrected chi connectivity index (χ0v) is 14.3. The smallest absolute Gasteiger partial charge is 0.279 e. The van der Waals surface area contributed by atoms with Gasteiger partial charge in [-0.25, -0.2) is 0 Å². The van der Waals surface area contributed by atoms with E-state index >= 15 is 0 Å². The maximum atomic E-state index is 12.2. The Morgan fingerprint density at radius 1 is 1.04 bits per heavy atom. The Hall–Kier alpha value is -2.33. The van der Waals surface area contributed by atoms with Crippen LogP contribution in [-0.2, 0) is 11.3 Å². The molecule has 1 heterocycles. The zero-order chi connectivity index (χ0) is 16.8. The molecule has 0 radical (unpaired) electrons. The molecule has 24 heavy (non-hydrogen) atoms. The number of nitrogens with zero attached hydrogens (tertiary/aromatic N) is 1. The van der Waals surface area contributed by atoms with Crippen molar-refractivity contribution in [1.82, 2.24) is 0 Å². The maximum Gasteiger partial charge on any atom is 0.279 e. The first-order valence-electron chi connectivity index (χ1n) is 8.71. The Morgan fingerprint density at radius 2 is 1.71 bits per heavy atom. The minimum atomic E-state index is 0.0531. The summed E-state index contributed by atoms with van der Waals surface area (Å²) in [5.41, 5.74) is 3.37. The van der Waals surface area contributed by atoms with Crippen LogP contribution in [0.2, 0.25) is 0 Å². The van der Waals surface area contributed by atoms with Crippen molar-refractivity contribution in [1.29, 1.82) is 0 Å². The van der Waals surface area contributed by atoms with Gasteiger partial charge in [-0.2, -0.15) is 0 Å². The summed E-state index contributed by atoms with van der Waals surface area (Å²) in [6, 6.07) is 18.5. The van der Waals surface area contributed by atoms with Crippen molar-refractivity contribution in [2.45, 2.75) is 19.4 Å². The van der Waals surface area contributed by atoms with E-state index in [4.69, 9.17) is 0 Å². The van der Waals surface area contributed by atoms with E-state index in [0.29, 0.717) is 6.54 Å². The highest BCUT2D eigenvalue weighted by atomic mass is 16.2. The molecule has 1 unspecified atom stereocenters. The minimum absolute atomic E-state index is 0.0531. The Kier molecular flexibility index (Phi) is 5.49. The Morgan fingerprint density at radius 3 is 2.38 bits per heavy atom. The fourth-order valence-corrected chi connectivity index (χ4v) is 3.22. The summed E-state index contributed by atoms with van der Waals surface area (Å²) >= 11 is 0. The molecule has 0 bridgehead atoms. The predicted molar refractivity (Wildman–Crippen MR) is 98.4 cm³/mol. The fourth-order valence-electron chi connectivity index (χ4n) is 3.22. The van der Waals surface area contributed by atoms with Crippen LogP contribution in [0.15, 0.2) is 54.6 Å². The van der Waals surface area contributed by atoms with Gasteiger partial charge in [-0.15, -0.1) is 0 Å². The van der Waals surface area contributed by atoms with Gasteiger partial charge in [0.15, 0.2) is 6.54 Å². The molecule has 2 N–H and O–H groups in total. The number of hydrogen-bond donors (Lipinski definition) is 2. The molecule has 1 atom stereocenters. The quantitative estimate of drug-likeness (QED) is 0.852. The summed E-state index contributed by atoms with van der Waals surface area (Å²) < 4.78 is 0. The van der Waals surface area contributed by atoms with Gasteiger partial charge in [0, 0.05) is 30.0 Å². The fraction of sp³-hybridized carbons (Fsp3) is 0.350. The van der Waals surface area contributed by atoms with E-state index in [1.807, 2.05) is 37.4 Å². The van der Waals surface area contributed by atoms with E-state index in [1.165, 1.54) is 29.0 Å². The second-order valence-corrected chi connectivity index (χ2v) is 6.59. The topological polar surface area (TPSA) is 36.8 Å². The van der Waals surface area contributed by atoms with E-state index in [1.54, 1.807) is 0 Å². The number of carbonyl (C=O) groups excluding carboxylic acids is 1. The summed E-state index contributed by atoms with van der Waals surface area (Å²) in [5, 5.41) is 3.00. The molecule has 2 aromatic rings. The van der Waals surface area contributed by atoms with Gasteiger partial charge in [-0.3, -0.25) is 4.79 Å². The molecule has 1 fully saturated rings. The summed E-state index contributed by atoms with van der Waals surface area (Å²) in [4.78, 5) is 15.8. The number of benzene rings is 2. The van der Waals surface area contributed by atoms with Crippen LogP contribution in [0.5, 0.6) is 0 Å². The molecule has 4 nitrogen and oxygen atoms in total. The molecule has 1 aliphatic rings. The standard InChI is InChI=1S/C20H25N3O/c1-22(15-17-7-3-2-4-8-17)16-20(24)21-18-9-11-19(12-10-18)23-13-5-6-14-23/h2-4,7-12H,5-6,13-16H2,1H3,(H,21,24)/p+1. The molecule has 0 aromatic heterocycles. The number of likely N-dealkylation sites (N-methyl/N-ethyl adjacent to an activating group) is 1. The van der Waals surface area contributed by atoms with Gasteiger partial charge in [0.25, 0.3) is 5.91 Å². The number of carbonyl (C=O) groups is 1.